The Morgan fingerprint density at radius 3 is 2.56 bits per heavy atom. The van der Waals surface area contributed by atoms with Crippen LogP contribution in [0.2, 0.25) is 0 Å². The summed E-state index contributed by atoms with van der Waals surface area (Å²) < 4.78 is 39.4. The zero-order chi connectivity index (χ0) is 32.2. The van der Waals surface area contributed by atoms with E-state index in [1.165, 1.54) is 35.1 Å². The van der Waals surface area contributed by atoms with Gasteiger partial charge in [-0.3, -0.25) is 9.36 Å². The van der Waals surface area contributed by atoms with Crippen molar-refractivity contribution in [3.63, 3.8) is 0 Å². The van der Waals surface area contributed by atoms with Crippen molar-refractivity contribution in [3.8, 4) is 17.2 Å². The minimum absolute atomic E-state index is 0.141. The van der Waals surface area contributed by atoms with Gasteiger partial charge in [0.1, 0.15) is 24.2 Å². The van der Waals surface area contributed by atoms with Crippen molar-refractivity contribution in [1.29, 1.82) is 0 Å². The van der Waals surface area contributed by atoms with Crippen LogP contribution in [-0.4, -0.2) is 30.4 Å². The summed E-state index contributed by atoms with van der Waals surface area (Å²) in [6, 6.07) is 16.1. The molecule has 0 radical (unpaired) electrons. The Labute approximate surface area is 272 Å². The summed E-state index contributed by atoms with van der Waals surface area (Å²) in [5, 5.41) is 0. The van der Waals surface area contributed by atoms with E-state index < -0.39 is 12.0 Å². The van der Waals surface area contributed by atoms with Gasteiger partial charge in [0.15, 0.2) is 16.3 Å². The number of ether oxygens (including phenoxy) is 4. The Bertz CT molecular complexity index is 1950. The minimum atomic E-state index is -0.830. The summed E-state index contributed by atoms with van der Waals surface area (Å²) in [6.45, 7) is 7.62. The molecule has 1 aliphatic rings. The van der Waals surface area contributed by atoms with Gasteiger partial charge in [0.25, 0.3) is 5.56 Å². The molecule has 5 rings (SSSR count). The van der Waals surface area contributed by atoms with E-state index in [2.05, 4.69) is 20.9 Å². The van der Waals surface area contributed by atoms with Crippen LogP contribution in [0.15, 0.2) is 86.2 Å². The van der Waals surface area contributed by atoms with Crippen molar-refractivity contribution in [1.82, 2.24) is 4.57 Å². The van der Waals surface area contributed by atoms with E-state index in [4.69, 9.17) is 18.9 Å². The molecule has 0 amide bonds. The third-order valence-electron chi connectivity index (χ3n) is 6.94. The van der Waals surface area contributed by atoms with Crippen LogP contribution >= 0.6 is 27.3 Å². The summed E-state index contributed by atoms with van der Waals surface area (Å²) in [5.41, 5.74) is 2.36. The number of nitrogens with zero attached hydrogens (tertiary/aromatic N) is 2. The molecule has 4 aromatic rings. The second-order valence-electron chi connectivity index (χ2n) is 10.4. The highest BCUT2D eigenvalue weighted by atomic mass is 79.9. The fourth-order valence-corrected chi connectivity index (χ4v) is 6.52. The van der Waals surface area contributed by atoms with Gasteiger partial charge >= 0.3 is 5.97 Å². The smallest absolute Gasteiger partial charge is 0.338 e. The molecular formula is C34H32BrFN2O6S. The third kappa shape index (κ3) is 6.89. The summed E-state index contributed by atoms with van der Waals surface area (Å²) in [5.74, 6) is 0.520. The van der Waals surface area contributed by atoms with Crippen LogP contribution in [-0.2, 0) is 16.1 Å². The van der Waals surface area contributed by atoms with Gasteiger partial charge in [-0.15, -0.1) is 0 Å². The standard InChI is InChI=1S/C34H32BrFN2O6S/c1-6-42-33(40)29-20(4)37-34-38(30(29)25-9-7-8-10-26(25)44-19(2)3)32(39)28(45-34)16-22-15-23(35)17-27(41-5)31(22)43-18-21-11-13-24(36)14-12-21/h7-17,19,30H,6,18H2,1-5H3/b28-16-/t30-/m0/s1. The van der Waals surface area contributed by atoms with Gasteiger partial charge in [-0.2, -0.15) is 0 Å². The fraction of sp³-hybridized carbons (Fsp3) is 0.265. The largest absolute Gasteiger partial charge is 0.493 e. The van der Waals surface area contributed by atoms with E-state index in [0.29, 0.717) is 47.9 Å². The Morgan fingerprint density at radius 2 is 1.87 bits per heavy atom. The Kier molecular flexibility index (Phi) is 9.89. The molecule has 0 aliphatic carbocycles. The third-order valence-corrected chi connectivity index (χ3v) is 8.39. The van der Waals surface area contributed by atoms with Gasteiger partial charge in [-0.05, 0) is 69.7 Å². The SMILES string of the molecule is CCOC(=O)C1=C(C)N=c2s/c(=C\c3cc(Br)cc(OC)c3OCc3ccc(F)cc3)c(=O)n2[C@H]1c1ccccc1OC(C)C. The molecule has 0 bridgehead atoms. The maximum absolute atomic E-state index is 14.3. The van der Waals surface area contributed by atoms with Crippen molar-refractivity contribution >= 4 is 39.3 Å². The molecule has 1 aliphatic heterocycles. The molecular weight excluding hydrogens is 663 g/mol. The van der Waals surface area contributed by atoms with Crippen LogP contribution in [0.3, 0.4) is 0 Å². The maximum atomic E-state index is 14.3. The van der Waals surface area contributed by atoms with Gasteiger partial charge in [0.05, 0.1) is 35.6 Å². The molecule has 11 heteroatoms. The maximum Gasteiger partial charge on any atom is 0.338 e. The molecule has 0 fully saturated rings. The van der Waals surface area contributed by atoms with Crippen LogP contribution < -0.4 is 29.1 Å². The van der Waals surface area contributed by atoms with Gasteiger partial charge in [0, 0.05) is 15.6 Å². The van der Waals surface area contributed by atoms with E-state index in [1.807, 2.05) is 44.2 Å². The molecule has 234 valence electrons. The minimum Gasteiger partial charge on any atom is -0.493 e. The normalized spacial score (nSPS) is 14.7. The molecule has 1 aromatic heterocycles. The average molecular weight is 696 g/mol. The van der Waals surface area contributed by atoms with Gasteiger partial charge in [-0.25, -0.2) is 14.2 Å². The van der Waals surface area contributed by atoms with Crippen molar-refractivity contribution in [2.75, 3.05) is 13.7 Å². The molecule has 0 saturated heterocycles. The van der Waals surface area contributed by atoms with Crippen LogP contribution in [0, 0.1) is 5.82 Å². The lowest BCUT2D eigenvalue weighted by molar-refractivity contribution is -0.139. The number of benzene rings is 3. The number of fused-ring (bicyclic) bond motifs is 1. The first-order valence-corrected chi connectivity index (χ1v) is 15.9. The van der Waals surface area contributed by atoms with E-state index in [9.17, 15) is 14.0 Å². The first-order chi connectivity index (χ1) is 21.6. The number of aromatic nitrogens is 1. The highest BCUT2D eigenvalue weighted by Gasteiger charge is 2.35. The number of para-hydroxylation sites is 1. The number of hydrogen-bond donors (Lipinski definition) is 0. The molecule has 3 aromatic carbocycles. The molecule has 45 heavy (non-hydrogen) atoms. The lowest BCUT2D eigenvalue weighted by Crippen LogP contribution is -2.40. The Hall–Kier alpha value is -4.22. The van der Waals surface area contributed by atoms with E-state index in [-0.39, 0.29) is 36.3 Å². The topological polar surface area (TPSA) is 88.4 Å². The summed E-state index contributed by atoms with van der Waals surface area (Å²) >= 11 is 4.72. The Balaban J connectivity index is 1.69. The van der Waals surface area contributed by atoms with Crippen molar-refractivity contribution < 1.29 is 28.1 Å². The molecule has 0 unspecified atom stereocenters. The number of carbonyl (C=O) groups excluding carboxylic acids is 1. The number of halogens is 2. The fourth-order valence-electron chi connectivity index (χ4n) is 5.03. The lowest BCUT2D eigenvalue weighted by atomic mass is 9.95. The molecule has 1 atom stereocenters. The monoisotopic (exact) mass is 694 g/mol. The summed E-state index contributed by atoms with van der Waals surface area (Å²) in [4.78, 5) is 32.7. The van der Waals surface area contributed by atoms with Gasteiger partial charge in [-0.1, -0.05) is 57.6 Å². The van der Waals surface area contributed by atoms with E-state index in [1.54, 1.807) is 38.1 Å². The van der Waals surface area contributed by atoms with Gasteiger partial charge < -0.3 is 18.9 Å². The average Bonchev–Trinajstić information content (AvgIpc) is 3.30. The predicted molar refractivity (Wildman–Crippen MR) is 174 cm³/mol. The molecule has 8 nitrogen and oxygen atoms in total. The number of esters is 1. The van der Waals surface area contributed by atoms with Crippen molar-refractivity contribution in [3.05, 3.63) is 119 Å². The number of allylic oxidation sites excluding steroid dienone is 1. The van der Waals surface area contributed by atoms with Crippen LogP contribution in [0.25, 0.3) is 6.08 Å². The van der Waals surface area contributed by atoms with Crippen LogP contribution in [0.1, 0.15) is 50.4 Å². The number of carbonyl (C=O) groups is 1. The van der Waals surface area contributed by atoms with Crippen molar-refractivity contribution in [2.24, 2.45) is 4.99 Å². The van der Waals surface area contributed by atoms with E-state index in [0.717, 1.165) is 5.56 Å². The van der Waals surface area contributed by atoms with Crippen LogP contribution in [0.5, 0.6) is 17.2 Å². The highest BCUT2D eigenvalue weighted by Crippen LogP contribution is 2.37. The molecule has 0 spiro atoms. The van der Waals surface area contributed by atoms with Crippen LogP contribution in [0.4, 0.5) is 4.39 Å². The quantitative estimate of drug-likeness (QED) is 0.187. The number of hydrogen-bond acceptors (Lipinski definition) is 8. The lowest BCUT2D eigenvalue weighted by Gasteiger charge is -2.26. The molecule has 2 heterocycles. The number of methoxy groups -OCH3 is 1. The second kappa shape index (κ2) is 13.8. The highest BCUT2D eigenvalue weighted by molar-refractivity contribution is 9.10. The predicted octanol–water partition coefficient (Wildman–Crippen LogP) is 6.07. The molecule has 0 saturated carbocycles. The van der Waals surface area contributed by atoms with E-state index >= 15 is 0 Å². The first-order valence-electron chi connectivity index (χ1n) is 14.3. The zero-order valence-corrected chi connectivity index (χ0v) is 27.8. The summed E-state index contributed by atoms with van der Waals surface area (Å²) in [6.07, 6.45) is 1.58. The number of rotatable bonds is 10. The molecule has 0 N–H and O–H groups in total. The Morgan fingerprint density at radius 1 is 1.13 bits per heavy atom. The number of thiazole rings is 1. The second-order valence-corrected chi connectivity index (χ2v) is 12.4. The van der Waals surface area contributed by atoms with Gasteiger partial charge in [0.2, 0.25) is 0 Å². The summed E-state index contributed by atoms with van der Waals surface area (Å²) in [7, 11) is 1.53. The van der Waals surface area contributed by atoms with Crippen molar-refractivity contribution in [2.45, 2.75) is 46.4 Å². The first kappa shape index (κ1) is 32.2. The zero-order valence-electron chi connectivity index (χ0n) is 25.4.